The summed E-state index contributed by atoms with van der Waals surface area (Å²) in [4.78, 5) is 12.4. The molecule has 1 amide bonds. The van der Waals surface area contributed by atoms with Gasteiger partial charge in [-0.2, -0.15) is 0 Å². The highest BCUT2D eigenvalue weighted by atomic mass is 35.5. The molecule has 0 heterocycles. The van der Waals surface area contributed by atoms with Gasteiger partial charge < -0.3 is 14.8 Å². The van der Waals surface area contributed by atoms with Crippen molar-refractivity contribution in [2.24, 2.45) is 0 Å². The molecule has 0 aliphatic carbocycles. The Labute approximate surface area is 135 Å². The Morgan fingerprint density at radius 2 is 1.73 bits per heavy atom. The second-order valence-corrected chi connectivity index (χ2v) is 5.11. The molecular formula is C17H18ClNO3. The van der Waals surface area contributed by atoms with Crippen LogP contribution in [0.15, 0.2) is 42.5 Å². The van der Waals surface area contributed by atoms with E-state index < -0.39 is 0 Å². The first-order chi connectivity index (χ1) is 10.7. The largest absolute Gasteiger partial charge is 0.496 e. The van der Waals surface area contributed by atoms with Crippen LogP contribution in [0.2, 0.25) is 5.02 Å². The van der Waals surface area contributed by atoms with Gasteiger partial charge in [-0.1, -0.05) is 29.8 Å². The van der Waals surface area contributed by atoms with Gasteiger partial charge in [-0.3, -0.25) is 4.79 Å². The summed E-state index contributed by atoms with van der Waals surface area (Å²) >= 11 is 5.94. The Kier molecular flexibility index (Phi) is 5.67. The van der Waals surface area contributed by atoms with E-state index in [9.17, 15) is 4.79 Å². The average Bonchev–Trinajstić information content (AvgIpc) is 2.53. The van der Waals surface area contributed by atoms with Crippen LogP contribution in [0.5, 0.6) is 11.5 Å². The van der Waals surface area contributed by atoms with Crippen molar-refractivity contribution in [3.05, 3.63) is 58.6 Å². The monoisotopic (exact) mass is 319 g/mol. The van der Waals surface area contributed by atoms with Crippen LogP contribution in [0.1, 0.15) is 15.9 Å². The number of carbonyl (C=O) groups excluding carboxylic acids is 1. The standard InChI is InChI=1S/C17H18ClNO3/c1-21-14-7-4-8-15(22-2)16(14)17(20)19-10-9-12-5-3-6-13(18)11-12/h3-8,11H,9-10H2,1-2H3,(H,19,20). The number of hydrogen-bond acceptors (Lipinski definition) is 3. The van der Waals surface area contributed by atoms with Crippen LogP contribution >= 0.6 is 11.6 Å². The number of carbonyl (C=O) groups is 1. The molecule has 0 aromatic heterocycles. The molecule has 5 heteroatoms. The highest BCUT2D eigenvalue weighted by molar-refractivity contribution is 6.30. The van der Waals surface area contributed by atoms with Gasteiger partial charge in [-0.25, -0.2) is 0 Å². The predicted octanol–water partition coefficient (Wildman–Crippen LogP) is 3.33. The lowest BCUT2D eigenvalue weighted by atomic mass is 10.1. The summed E-state index contributed by atoms with van der Waals surface area (Å²) < 4.78 is 10.5. The van der Waals surface area contributed by atoms with E-state index in [0.29, 0.717) is 35.1 Å². The number of amides is 1. The van der Waals surface area contributed by atoms with Crippen molar-refractivity contribution in [3.8, 4) is 11.5 Å². The van der Waals surface area contributed by atoms with Crippen LogP contribution in [0, 0.1) is 0 Å². The van der Waals surface area contributed by atoms with E-state index >= 15 is 0 Å². The number of hydrogen-bond donors (Lipinski definition) is 1. The zero-order valence-electron chi connectivity index (χ0n) is 12.6. The van der Waals surface area contributed by atoms with E-state index in [4.69, 9.17) is 21.1 Å². The van der Waals surface area contributed by atoms with Crippen molar-refractivity contribution in [2.45, 2.75) is 6.42 Å². The van der Waals surface area contributed by atoms with Crippen molar-refractivity contribution >= 4 is 17.5 Å². The Balaban J connectivity index is 2.03. The maximum absolute atomic E-state index is 12.4. The predicted molar refractivity (Wildman–Crippen MR) is 87.0 cm³/mol. The van der Waals surface area contributed by atoms with E-state index in [1.54, 1.807) is 18.2 Å². The van der Waals surface area contributed by atoms with Crippen molar-refractivity contribution in [1.29, 1.82) is 0 Å². The van der Waals surface area contributed by atoms with Crippen molar-refractivity contribution in [3.63, 3.8) is 0 Å². The van der Waals surface area contributed by atoms with Crippen LogP contribution in [-0.4, -0.2) is 26.7 Å². The lowest BCUT2D eigenvalue weighted by molar-refractivity contribution is 0.0948. The topological polar surface area (TPSA) is 47.6 Å². The molecule has 0 saturated heterocycles. The highest BCUT2D eigenvalue weighted by Gasteiger charge is 2.17. The quantitative estimate of drug-likeness (QED) is 0.888. The van der Waals surface area contributed by atoms with Gasteiger partial charge >= 0.3 is 0 Å². The number of nitrogens with one attached hydrogen (secondary N) is 1. The highest BCUT2D eigenvalue weighted by Crippen LogP contribution is 2.27. The molecule has 0 fully saturated rings. The number of benzene rings is 2. The molecule has 0 radical (unpaired) electrons. The van der Waals surface area contributed by atoms with Crippen LogP contribution in [0.3, 0.4) is 0 Å². The maximum atomic E-state index is 12.4. The van der Waals surface area contributed by atoms with E-state index in [0.717, 1.165) is 5.56 Å². The molecule has 2 aromatic rings. The molecule has 4 nitrogen and oxygen atoms in total. The van der Waals surface area contributed by atoms with Gasteiger partial charge in [0, 0.05) is 11.6 Å². The van der Waals surface area contributed by atoms with Gasteiger partial charge in [0.2, 0.25) is 0 Å². The first-order valence-electron chi connectivity index (χ1n) is 6.89. The van der Waals surface area contributed by atoms with Crippen LogP contribution in [-0.2, 0) is 6.42 Å². The Hall–Kier alpha value is -2.20. The third kappa shape index (κ3) is 3.92. The minimum atomic E-state index is -0.226. The van der Waals surface area contributed by atoms with Gasteiger partial charge in [0.05, 0.1) is 14.2 Å². The van der Waals surface area contributed by atoms with Crippen LogP contribution < -0.4 is 14.8 Å². The molecule has 0 unspecified atom stereocenters. The summed E-state index contributed by atoms with van der Waals surface area (Å²) in [6, 6.07) is 12.8. The normalized spacial score (nSPS) is 10.1. The number of rotatable bonds is 6. The summed E-state index contributed by atoms with van der Waals surface area (Å²) in [5.41, 5.74) is 1.47. The fourth-order valence-corrected chi connectivity index (χ4v) is 2.39. The van der Waals surface area contributed by atoms with Crippen molar-refractivity contribution < 1.29 is 14.3 Å². The third-order valence-electron chi connectivity index (χ3n) is 3.24. The van der Waals surface area contributed by atoms with E-state index in [-0.39, 0.29) is 5.91 Å². The second kappa shape index (κ2) is 7.71. The van der Waals surface area contributed by atoms with Gasteiger partial charge in [0.1, 0.15) is 17.1 Å². The molecule has 0 bridgehead atoms. The molecule has 0 atom stereocenters. The number of ether oxygens (including phenoxy) is 2. The molecule has 2 rings (SSSR count). The van der Waals surface area contributed by atoms with E-state index in [1.165, 1.54) is 14.2 Å². The van der Waals surface area contributed by atoms with Gasteiger partial charge in [-0.15, -0.1) is 0 Å². The maximum Gasteiger partial charge on any atom is 0.258 e. The summed E-state index contributed by atoms with van der Waals surface area (Å²) in [6.07, 6.45) is 0.698. The third-order valence-corrected chi connectivity index (χ3v) is 3.48. The van der Waals surface area contributed by atoms with E-state index in [2.05, 4.69) is 5.32 Å². The van der Waals surface area contributed by atoms with Gasteiger partial charge in [-0.05, 0) is 36.2 Å². The Bertz CT molecular complexity index is 636. The molecular weight excluding hydrogens is 302 g/mol. The van der Waals surface area contributed by atoms with Crippen LogP contribution in [0.4, 0.5) is 0 Å². The first-order valence-corrected chi connectivity index (χ1v) is 7.27. The summed E-state index contributed by atoms with van der Waals surface area (Å²) in [5, 5.41) is 3.56. The zero-order valence-corrected chi connectivity index (χ0v) is 13.3. The zero-order chi connectivity index (χ0) is 15.9. The summed E-state index contributed by atoms with van der Waals surface area (Å²) in [6.45, 7) is 0.500. The fourth-order valence-electron chi connectivity index (χ4n) is 2.18. The lowest BCUT2D eigenvalue weighted by Crippen LogP contribution is -2.26. The summed E-state index contributed by atoms with van der Waals surface area (Å²) in [7, 11) is 3.05. The molecule has 1 N–H and O–H groups in total. The Morgan fingerprint density at radius 3 is 2.32 bits per heavy atom. The molecule has 2 aromatic carbocycles. The number of halogens is 1. The average molecular weight is 320 g/mol. The molecule has 0 aliphatic rings. The van der Waals surface area contributed by atoms with Gasteiger partial charge in [0.25, 0.3) is 5.91 Å². The molecule has 0 saturated carbocycles. The second-order valence-electron chi connectivity index (χ2n) is 4.67. The number of methoxy groups -OCH3 is 2. The molecule has 0 spiro atoms. The van der Waals surface area contributed by atoms with E-state index in [1.807, 2.05) is 24.3 Å². The fraction of sp³-hybridized carbons (Fsp3) is 0.235. The van der Waals surface area contributed by atoms with Crippen molar-refractivity contribution in [1.82, 2.24) is 5.32 Å². The SMILES string of the molecule is COc1cccc(OC)c1C(=O)NCCc1cccc(Cl)c1. The minimum Gasteiger partial charge on any atom is -0.496 e. The smallest absolute Gasteiger partial charge is 0.258 e. The lowest BCUT2D eigenvalue weighted by Gasteiger charge is -2.13. The minimum absolute atomic E-state index is 0.226. The Morgan fingerprint density at radius 1 is 1.09 bits per heavy atom. The van der Waals surface area contributed by atoms with Crippen molar-refractivity contribution in [2.75, 3.05) is 20.8 Å². The molecule has 0 aliphatic heterocycles. The summed E-state index contributed by atoms with van der Waals surface area (Å²) in [5.74, 6) is 0.746. The molecule has 116 valence electrons. The van der Waals surface area contributed by atoms with Crippen LogP contribution in [0.25, 0.3) is 0 Å². The molecule has 22 heavy (non-hydrogen) atoms. The van der Waals surface area contributed by atoms with Gasteiger partial charge in [0.15, 0.2) is 0 Å². The first kappa shape index (κ1) is 16.2.